The van der Waals surface area contributed by atoms with Crippen molar-refractivity contribution in [2.75, 3.05) is 0 Å². The molecule has 0 atom stereocenters. The van der Waals surface area contributed by atoms with Gasteiger partial charge in [-0.2, -0.15) is 158 Å². The van der Waals surface area contributed by atoms with Crippen LogP contribution in [0.25, 0.3) is 0 Å². The standard InChI is InChI=1S/C18H4F36N2/c19-1(20,3(23,24)5(27,28)7(31,32)9(35,36)11(39,40)13(43,44)15(47,48)17(51,52)55)2(21,22)4(25,26)6(29,30)8(33,34)10(37,38)12(41,42)14(45,46)16(49,50)18(53,54)56/h55-56H2. The number of alkyl halides is 36. The van der Waals surface area contributed by atoms with Crippen LogP contribution in [0, 0.1) is 0 Å². The van der Waals surface area contributed by atoms with E-state index in [9.17, 15) is 158 Å². The fraction of sp³-hybridized carbons (Fsp3) is 1.00. The second-order valence-electron chi connectivity index (χ2n) is 10.4. The van der Waals surface area contributed by atoms with Crippen LogP contribution < -0.4 is 11.5 Å². The Morgan fingerprint density at radius 2 is 0.179 bits per heavy atom. The predicted molar refractivity (Wildman–Crippen MR) is 97.4 cm³/mol. The molecule has 0 aromatic carbocycles. The summed E-state index contributed by atoms with van der Waals surface area (Å²) in [6.45, 7) is 0. The molecule has 0 aromatic heterocycles. The lowest BCUT2D eigenvalue weighted by molar-refractivity contribution is -0.492. The Balaban J connectivity index is 7.85. The van der Waals surface area contributed by atoms with E-state index in [0.29, 0.717) is 0 Å². The monoisotopic (exact) mass is 932 g/mol. The van der Waals surface area contributed by atoms with E-state index in [1.54, 1.807) is 0 Å². The molecule has 0 aromatic rings. The van der Waals surface area contributed by atoms with E-state index >= 15 is 0 Å². The Hall–Kier alpha value is -2.60. The van der Waals surface area contributed by atoms with Crippen LogP contribution in [0.1, 0.15) is 0 Å². The van der Waals surface area contributed by atoms with Crippen molar-refractivity contribution in [3.63, 3.8) is 0 Å². The average Bonchev–Trinajstić information content (AvgIpc) is 2.94. The predicted octanol–water partition coefficient (Wildman–Crippen LogP) is 10.3. The summed E-state index contributed by atoms with van der Waals surface area (Å²) < 4.78 is 485. The summed E-state index contributed by atoms with van der Waals surface area (Å²) in [6, 6.07) is -14.9. The lowest BCUT2D eigenvalue weighted by Crippen LogP contribution is -2.80. The van der Waals surface area contributed by atoms with Crippen LogP contribution in [0.4, 0.5) is 158 Å². The molecule has 0 aliphatic heterocycles. The minimum Gasteiger partial charge on any atom is -0.267 e. The zero-order chi connectivity index (χ0) is 47.0. The molecule has 0 rings (SSSR count). The van der Waals surface area contributed by atoms with E-state index < -0.39 is 107 Å². The molecule has 0 aliphatic carbocycles. The molecule has 0 aliphatic rings. The minimum absolute atomic E-state index is 2.86. The van der Waals surface area contributed by atoms with E-state index in [1.165, 1.54) is 0 Å². The fourth-order valence-electron chi connectivity index (χ4n) is 3.18. The smallest absolute Gasteiger partial charge is 0.267 e. The van der Waals surface area contributed by atoms with Crippen molar-refractivity contribution in [2.24, 2.45) is 11.5 Å². The minimum atomic E-state index is -10.4. The second kappa shape index (κ2) is 12.5. The maximum atomic E-state index is 13.9. The lowest BCUT2D eigenvalue weighted by atomic mass is 9.82. The Morgan fingerprint density at radius 1 is 0.125 bits per heavy atom. The second-order valence-corrected chi connectivity index (χ2v) is 10.4. The molecule has 0 radical (unpaired) electrons. The molecule has 0 bridgehead atoms. The Kier molecular flexibility index (Phi) is 11.9. The molecular formula is C18H4F36N2. The first kappa shape index (κ1) is 53.4. The molecule has 0 heterocycles. The van der Waals surface area contributed by atoms with Gasteiger partial charge in [-0.3, -0.25) is 11.5 Å². The van der Waals surface area contributed by atoms with Gasteiger partial charge in [0.05, 0.1) is 0 Å². The molecule has 338 valence electrons. The normalized spacial score (nSPS) is 17.5. The average molecular weight is 932 g/mol. The molecule has 2 nitrogen and oxygen atoms in total. The van der Waals surface area contributed by atoms with Gasteiger partial charge in [0.15, 0.2) is 0 Å². The lowest BCUT2D eigenvalue weighted by Gasteiger charge is -2.47. The molecule has 0 saturated heterocycles. The van der Waals surface area contributed by atoms with E-state index in [2.05, 4.69) is 11.5 Å². The first-order valence-electron chi connectivity index (χ1n) is 11.6. The largest absolute Gasteiger partial charge is 0.392 e. The maximum Gasteiger partial charge on any atom is 0.392 e. The molecule has 38 heteroatoms. The summed E-state index contributed by atoms with van der Waals surface area (Å²) in [5.41, 5.74) is 5.73. The number of nitrogens with two attached hydrogens (primary N) is 2. The Labute approximate surface area is 278 Å². The number of hydrogen-bond acceptors (Lipinski definition) is 2. The summed E-state index contributed by atoms with van der Waals surface area (Å²) in [5.74, 6) is -157. The van der Waals surface area contributed by atoms with Crippen LogP contribution in [0.5, 0.6) is 0 Å². The van der Waals surface area contributed by atoms with Crippen molar-refractivity contribution in [2.45, 2.75) is 107 Å². The van der Waals surface area contributed by atoms with E-state index in [4.69, 9.17) is 0 Å². The van der Waals surface area contributed by atoms with Gasteiger partial charge in [0.2, 0.25) is 0 Å². The molecule has 0 spiro atoms. The molecule has 0 fully saturated rings. The molecule has 4 N–H and O–H groups in total. The van der Waals surface area contributed by atoms with Crippen molar-refractivity contribution in [1.82, 2.24) is 0 Å². The van der Waals surface area contributed by atoms with Crippen molar-refractivity contribution >= 4 is 0 Å². The highest BCUT2D eigenvalue weighted by Gasteiger charge is 3.02. The zero-order valence-corrected chi connectivity index (χ0v) is 23.8. The van der Waals surface area contributed by atoms with Crippen LogP contribution in [-0.2, 0) is 0 Å². The van der Waals surface area contributed by atoms with Gasteiger partial charge >= 0.3 is 107 Å². The van der Waals surface area contributed by atoms with E-state index in [1.807, 2.05) is 0 Å². The van der Waals surface area contributed by atoms with Gasteiger partial charge in [-0.1, -0.05) is 0 Å². The highest BCUT2D eigenvalue weighted by molar-refractivity contribution is 5.22. The van der Waals surface area contributed by atoms with Crippen molar-refractivity contribution in [3.05, 3.63) is 0 Å². The summed E-state index contributed by atoms with van der Waals surface area (Å²) in [5, 5.41) is 0. The highest BCUT2D eigenvalue weighted by Crippen LogP contribution is 2.70. The first-order valence-corrected chi connectivity index (χ1v) is 11.6. The van der Waals surface area contributed by atoms with Gasteiger partial charge in [0.1, 0.15) is 0 Å². The quantitative estimate of drug-likeness (QED) is 0.113. The Morgan fingerprint density at radius 3 is 0.232 bits per heavy atom. The molecule has 0 unspecified atom stereocenters. The van der Waals surface area contributed by atoms with Crippen LogP contribution >= 0.6 is 0 Å². The van der Waals surface area contributed by atoms with Gasteiger partial charge in [0, 0.05) is 0 Å². The third kappa shape index (κ3) is 5.77. The summed E-state index contributed by atoms with van der Waals surface area (Å²) in [7, 11) is 0. The van der Waals surface area contributed by atoms with Crippen LogP contribution in [0.3, 0.4) is 0 Å². The summed E-state index contributed by atoms with van der Waals surface area (Å²) in [6.07, 6.45) is 0. The summed E-state index contributed by atoms with van der Waals surface area (Å²) >= 11 is 0. The molecule has 0 amide bonds. The van der Waals surface area contributed by atoms with Crippen LogP contribution in [0.15, 0.2) is 0 Å². The first-order chi connectivity index (χ1) is 23.2. The van der Waals surface area contributed by atoms with Crippen molar-refractivity contribution in [3.8, 4) is 0 Å². The van der Waals surface area contributed by atoms with Crippen LogP contribution in [-0.4, -0.2) is 107 Å². The summed E-state index contributed by atoms with van der Waals surface area (Å²) in [4.78, 5) is 0. The van der Waals surface area contributed by atoms with Gasteiger partial charge < -0.3 is 0 Å². The van der Waals surface area contributed by atoms with Gasteiger partial charge in [-0.05, 0) is 0 Å². The fourth-order valence-corrected chi connectivity index (χ4v) is 3.18. The number of hydrogen-bond donors (Lipinski definition) is 2. The number of halogens is 36. The van der Waals surface area contributed by atoms with Gasteiger partial charge in [-0.25, -0.2) is 0 Å². The van der Waals surface area contributed by atoms with E-state index in [-0.39, 0.29) is 0 Å². The number of rotatable bonds is 17. The van der Waals surface area contributed by atoms with Gasteiger partial charge in [0.25, 0.3) is 0 Å². The molecule has 0 saturated carbocycles. The van der Waals surface area contributed by atoms with Crippen molar-refractivity contribution < 1.29 is 158 Å². The van der Waals surface area contributed by atoms with Crippen LogP contribution in [0.2, 0.25) is 0 Å². The third-order valence-corrected chi connectivity index (χ3v) is 6.75. The Bertz CT molecular complexity index is 1330. The van der Waals surface area contributed by atoms with Crippen molar-refractivity contribution in [1.29, 1.82) is 0 Å². The third-order valence-electron chi connectivity index (χ3n) is 6.75. The zero-order valence-electron chi connectivity index (χ0n) is 23.8. The molecular weight excluding hydrogens is 928 g/mol. The van der Waals surface area contributed by atoms with E-state index in [0.717, 1.165) is 0 Å². The SMILES string of the molecule is NC(F)(F)C(F)(F)C(F)(F)C(F)(F)C(F)(F)C(F)(F)C(F)(F)C(F)(F)C(F)(F)C(F)(F)C(F)(F)C(F)(F)C(F)(F)C(F)(F)C(F)(F)C(F)(F)C(F)(F)C(N)(F)F. The van der Waals surface area contributed by atoms with Gasteiger partial charge in [-0.15, -0.1) is 0 Å². The maximum absolute atomic E-state index is 13.9. The highest BCUT2D eigenvalue weighted by atomic mass is 19.4. The molecule has 56 heavy (non-hydrogen) atoms. The topological polar surface area (TPSA) is 52.0 Å².